The van der Waals surface area contributed by atoms with Gasteiger partial charge in [0.1, 0.15) is 0 Å². The molecule has 0 N–H and O–H groups in total. The van der Waals surface area contributed by atoms with Crippen LogP contribution in [0.3, 0.4) is 0 Å². The van der Waals surface area contributed by atoms with Gasteiger partial charge in [-0.3, -0.25) is 4.79 Å². The number of ketones is 1. The van der Waals surface area contributed by atoms with Gasteiger partial charge in [-0.15, -0.1) is 0 Å². The number of Topliss-reactive ketones (excluding diaryl/α,β-unsaturated/α-hetero) is 1. The Morgan fingerprint density at radius 1 is 1.15 bits per heavy atom. The summed E-state index contributed by atoms with van der Waals surface area (Å²) < 4.78 is 3.96. The molecule has 2 aromatic heterocycles. The van der Waals surface area contributed by atoms with E-state index >= 15 is 0 Å². The van der Waals surface area contributed by atoms with E-state index in [9.17, 15) is 4.79 Å². The summed E-state index contributed by atoms with van der Waals surface area (Å²) in [6.45, 7) is 2.54. The molecule has 0 radical (unpaired) electrons. The van der Waals surface area contributed by atoms with Crippen LogP contribution >= 0.6 is 0 Å². The zero-order valence-electron chi connectivity index (χ0n) is 11.8. The highest BCUT2D eigenvalue weighted by Crippen LogP contribution is 2.21. The molecule has 3 rings (SSSR count). The smallest absolute Gasteiger partial charge is 0.184 e. The van der Waals surface area contributed by atoms with Gasteiger partial charge in [0.25, 0.3) is 0 Å². The average Bonchev–Trinajstić information content (AvgIpc) is 3.05. The van der Waals surface area contributed by atoms with Gasteiger partial charge < -0.3 is 9.13 Å². The molecule has 1 aromatic carbocycles. The lowest BCUT2D eigenvalue weighted by atomic mass is 10.1. The SMILES string of the molecule is CCc1cccc2ccn(CC(=O)c3ccn(C)c3)c12. The summed E-state index contributed by atoms with van der Waals surface area (Å²) >= 11 is 0. The second-order valence-corrected chi connectivity index (χ2v) is 5.14. The number of aryl methyl sites for hydroxylation is 2. The fraction of sp³-hybridized carbons (Fsp3) is 0.235. The number of hydrogen-bond acceptors (Lipinski definition) is 1. The molecule has 0 unspecified atom stereocenters. The Bertz CT molecular complexity index is 764. The molecule has 0 aliphatic carbocycles. The number of fused-ring (bicyclic) bond motifs is 1. The first-order valence-corrected chi connectivity index (χ1v) is 6.91. The molecule has 3 heteroatoms. The van der Waals surface area contributed by atoms with Crippen molar-refractivity contribution in [2.24, 2.45) is 7.05 Å². The van der Waals surface area contributed by atoms with Crippen molar-refractivity contribution in [1.29, 1.82) is 0 Å². The number of hydrogen-bond donors (Lipinski definition) is 0. The van der Waals surface area contributed by atoms with Gasteiger partial charge in [-0.25, -0.2) is 0 Å². The van der Waals surface area contributed by atoms with Gasteiger partial charge in [0.15, 0.2) is 5.78 Å². The quantitative estimate of drug-likeness (QED) is 0.665. The normalized spacial score (nSPS) is 11.1. The van der Waals surface area contributed by atoms with Crippen LogP contribution in [0.15, 0.2) is 48.9 Å². The van der Waals surface area contributed by atoms with Crippen LogP contribution in [0.25, 0.3) is 10.9 Å². The molecule has 0 amide bonds. The molecule has 0 spiro atoms. The van der Waals surface area contributed by atoms with Crippen LogP contribution < -0.4 is 0 Å². The van der Waals surface area contributed by atoms with E-state index < -0.39 is 0 Å². The summed E-state index contributed by atoms with van der Waals surface area (Å²) in [7, 11) is 1.93. The Morgan fingerprint density at radius 2 is 2.00 bits per heavy atom. The zero-order chi connectivity index (χ0) is 14.1. The van der Waals surface area contributed by atoms with Gasteiger partial charge in [0.05, 0.1) is 12.1 Å². The van der Waals surface area contributed by atoms with E-state index in [0.717, 1.165) is 12.0 Å². The molecule has 0 saturated heterocycles. The van der Waals surface area contributed by atoms with Gasteiger partial charge >= 0.3 is 0 Å². The number of nitrogens with zero attached hydrogens (tertiary/aromatic N) is 2. The molecule has 0 aliphatic rings. The number of para-hydroxylation sites is 1. The van der Waals surface area contributed by atoms with E-state index in [0.29, 0.717) is 6.54 Å². The standard InChI is InChI=1S/C17H18N2O/c1-3-13-5-4-6-14-8-10-19(17(13)14)12-16(20)15-7-9-18(2)11-15/h4-11H,3,12H2,1-2H3. The van der Waals surface area contributed by atoms with E-state index in [1.165, 1.54) is 16.5 Å². The summed E-state index contributed by atoms with van der Waals surface area (Å²) in [5.41, 5.74) is 3.23. The van der Waals surface area contributed by atoms with Crippen LogP contribution in [0, 0.1) is 0 Å². The third-order valence-corrected chi connectivity index (χ3v) is 3.72. The average molecular weight is 266 g/mol. The first kappa shape index (κ1) is 12.7. The predicted octanol–water partition coefficient (Wildman–Crippen LogP) is 3.43. The predicted molar refractivity (Wildman–Crippen MR) is 81.1 cm³/mol. The van der Waals surface area contributed by atoms with Crippen LogP contribution in [-0.4, -0.2) is 14.9 Å². The molecule has 2 heterocycles. The molecule has 3 aromatic rings. The van der Waals surface area contributed by atoms with Crippen LogP contribution in [0.2, 0.25) is 0 Å². The van der Waals surface area contributed by atoms with Crippen LogP contribution in [0.1, 0.15) is 22.8 Å². The van der Waals surface area contributed by atoms with Crippen molar-refractivity contribution in [2.45, 2.75) is 19.9 Å². The van der Waals surface area contributed by atoms with Crippen molar-refractivity contribution in [3.63, 3.8) is 0 Å². The van der Waals surface area contributed by atoms with E-state index in [4.69, 9.17) is 0 Å². The Hall–Kier alpha value is -2.29. The van der Waals surface area contributed by atoms with E-state index in [-0.39, 0.29) is 5.78 Å². The maximum absolute atomic E-state index is 12.3. The van der Waals surface area contributed by atoms with Crippen molar-refractivity contribution in [2.75, 3.05) is 0 Å². The number of aromatic nitrogens is 2. The van der Waals surface area contributed by atoms with E-state index in [2.05, 4.69) is 35.8 Å². The Balaban J connectivity index is 1.97. The van der Waals surface area contributed by atoms with E-state index in [1.807, 2.05) is 36.3 Å². The topological polar surface area (TPSA) is 26.9 Å². The van der Waals surface area contributed by atoms with Gasteiger partial charge in [0, 0.05) is 31.2 Å². The molecule has 0 fully saturated rings. The zero-order valence-corrected chi connectivity index (χ0v) is 11.8. The van der Waals surface area contributed by atoms with Crippen LogP contribution in [0.4, 0.5) is 0 Å². The maximum Gasteiger partial charge on any atom is 0.184 e. The minimum Gasteiger partial charge on any atom is -0.357 e. The van der Waals surface area contributed by atoms with Crippen molar-refractivity contribution in [3.8, 4) is 0 Å². The summed E-state index contributed by atoms with van der Waals surface area (Å²) in [6, 6.07) is 10.2. The first-order valence-electron chi connectivity index (χ1n) is 6.91. The van der Waals surface area contributed by atoms with Crippen LogP contribution in [-0.2, 0) is 20.0 Å². The highest BCUT2D eigenvalue weighted by atomic mass is 16.1. The monoisotopic (exact) mass is 266 g/mol. The molecular weight excluding hydrogens is 248 g/mol. The summed E-state index contributed by atoms with van der Waals surface area (Å²) in [6.07, 6.45) is 6.75. The second kappa shape index (κ2) is 5.00. The molecule has 102 valence electrons. The van der Waals surface area contributed by atoms with Gasteiger partial charge in [0.2, 0.25) is 0 Å². The fourth-order valence-electron chi connectivity index (χ4n) is 2.67. The highest BCUT2D eigenvalue weighted by molar-refractivity contribution is 5.97. The van der Waals surface area contributed by atoms with Crippen molar-refractivity contribution in [1.82, 2.24) is 9.13 Å². The van der Waals surface area contributed by atoms with Crippen molar-refractivity contribution >= 4 is 16.7 Å². The summed E-state index contributed by atoms with van der Waals surface area (Å²) in [5.74, 6) is 0.147. The molecule has 0 aliphatic heterocycles. The fourth-order valence-corrected chi connectivity index (χ4v) is 2.67. The molecule has 20 heavy (non-hydrogen) atoms. The largest absolute Gasteiger partial charge is 0.357 e. The number of carbonyl (C=O) groups is 1. The van der Waals surface area contributed by atoms with Crippen molar-refractivity contribution < 1.29 is 4.79 Å². The Morgan fingerprint density at radius 3 is 2.70 bits per heavy atom. The number of benzene rings is 1. The lowest BCUT2D eigenvalue weighted by Gasteiger charge is -2.07. The minimum atomic E-state index is 0.147. The van der Waals surface area contributed by atoms with Crippen molar-refractivity contribution in [3.05, 3.63) is 60.0 Å². The second-order valence-electron chi connectivity index (χ2n) is 5.14. The number of rotatable bonds is 4. The lowest BCUT2D eigenvalue weighted by Crippen LogP contribution is -2.09. The molecule has 0 atom stereocenters. The third kappa shape index (κ3) is 2.16. The summed E-state index contributed by atoms with van der Waals surface area (Å²) in [4.78, 5) is 12.3. The van der Waals surface area contributed by atoms with E-state index in [1.54, 1.807) is 0 Å². The Kier molecular flexibility index (Phi) is 3.18. The lowest BCUT2D eigenvalue weighted by molar-refractivity contribution is 0.0973. The Labute approximate surface area is 118 Å². The van der Waals surface area contributed by atoms with Gasteiger partial charge in [-0.05, 0) is 29.5 Å². The highest BCUT2D eigenvalue weighted by Gasteiger charge is 2.11. The number of carbonyl (C=O) groups excluding carboxylic acids is 1. The van der Waals surface area contributed by atoms with Gasteiger partial charge in [-0.2, -0.15) is 0 Å². The minimum absolute atomic E-state index is 0.147. The third-order valence-electron chi connectivity index (χ3n) is 3.72. The molecule has 0 saturated carbocycles. The molecule has 3 nitrogen and oxygen atoms in total. The molecule has 0 bridgehead atoms. The maximum atomic E-state index is 12.3. The molecular formula is C17H18N2O. The summed E-state index contributed by atoms with van der Waals surface area (Å²) in [5, 5.41) is 1.20. The first-order chi connectivity index (χ1) is 9.69. The van der Waals surface area contributed by atoms with Gasteiger partial charge in [-0.1, -0.05) is 25.1 Å². The van der Waals surface area contributed by atoms with Crippen LogP contribution in [0.5, 0.6) is 0 Å².